The van der Waals surface area contributed by atoms with Crippen LogP contribution >= 0.6 is 11.8 Å². The minimum atomic E-state index is -0.262. The second-order valence-electron chi connectivity index (χ2n) is 2.26. The van der Waals surface area contributed by atoms with Crippen LogP contribution in [0.1, 0.15) is 6.42 Å². The number of nitriles is 1. The molecule has 1 N–H and O–H groups in total. The molecular formula is C7H12N2O2S. The summed E-state index contributed by atoms with van der Waals surface area (Å²) in [6.45, 7) is 0.240. The van der Waals surface area contributed by atoms with Crippen LogP contribution in [0.3, 0.4) is 0 Å². The molecule has 0 aromatic heterocycles. The van der Waals surface area contributed by atoms with Crippen molar-refractivity contribution in [3.05, 3.63) is 4.91 Å². The molecule has 68 valence electrons. The van der Waals surface area contributed by atoms with E-state index in [0.29, 0.717) is 18.7 Å². The number of nitroso groups, excluding NO2 is 1. The van der Waals surface area contributed by atoms with Gasteiger partial charge in [-0.25, -0.2) is 0 Å². The van der Waals surface area contributed by atoms with Gasteiger partial charge < -0.3 is 5.11 Å². The molecule has 0 saturated carbocycles. The van der Waals surface area contributed by atoms with Gasteiger partial charge in [0.1, 0.15) is 0 Å². The Bertz CT molecular complexity index is 158. The number of nitrogens with zero attached hydrogens (tertiary/aromatic N) is 2. The first-order valence-corrected chi connectivity index (χ1v) is 4.88. The molecular weight excluding hydrogens is 176 g/mol. The van der Waals surface area contributed by atoms with Gasteiger partial charge in [-0.05, 0) is 12.2 Å². The fourth-order valence-corrected chi connectivity index (χ4v) is 1.49. The monoisotopic (exact) mass is 188 g/mol. The van der Waals surface area contributed by atoms with Crippen molar-refractivity contribution in [1.29, 1.82) is 5.26 Å². The van der Waals surface area contributed by atoms with Crippen molar-refractivity contribution in [2.24, 2.45) is 11.1 Å². The first-order chi connectivity index (χ1) is 5.85. The minimum absolute atomic E-state index is 0.0804. The molecule has 0 aliphatic rings. The average molecular weight is 188 g/mol. The van der Waals surface area contributed by atoms with E-state index in [2.05, 4.69) is 5.18 Å². The van der Waals surface area contributed by atoms with Crippen molar-refractivity contribution in [2.45, 2.75) is 6.42 Å². The summed E-state index contributed by atoms with van der Waals surface area (Å²) >= 11 is 1.58. The zero-order chi connectivity index (χ0) is 9.23. The summed E-state index contributed by atoms with van der Waals surface area (Å²) in [7, 11) is 0. The Kier molecular flexibility index (Phi) is 8.07. The predicted molar refractivity (Wildman–Crippen MR) is 48.8 cm³/mol. The molecule has 0 aliphatic heterocycles. The minimum Gasteiger partial charge on any atom is -0.395 e. The van der Waals surface area contributed by atoms with Gasteiger partial charge in [-0.1, -0.05) is 5.18 Å². The molecule has 0 aromatic rings. The molecule has 0 heterocycles. The van der Waals surface area contributed by atoms with Crippen molar-refractivity contribution >= 4 is 11.8 Å². The van der Waals surface area contributed by atoms with Crippen molar-refractivity contribution in [3.8, 4) is 6.07 Å². The molecule has 0 rings (SSSR count). The smallest absolute Gasteiger partial charge is 0.0901 e. The van der Waals surface area contributed by atoms with Gasteiger partial charge >= 0.3 is 0 Å². The maximum Gasteiger partial charge on any atom is 0.0901 e. The number of aliphatic hydroxyl groups is 1. The molecule has 1 unspecified atom stereocenters. The third-order valence-corrected chi connectivity index (χ3v) is 2.34. The second-order valence-corrected chi connectivity index (χ2v) is 3.49. The lowest BCUT2D eigenvalue weighted by atomic mass is 10.1. The summed E-state index contributed by atoms with van der Waals surface area (Å²) in [5.41, 5.74) is 0. The standard InChI is InChI=1S/C7H12N2O2S/c8-5-7(6-10)1-3-12-4-2-9-11/h7,10H,1-4,6H2. The van der Waals surface area contributed by atoms with E-state index in [-0.39, 0.29) is 12.5 Å². The van der Waals surface area contributed by atoms with E-state index in [1.165, 1.54) is 0 Å². The van der Waals surface area contributed by atoms with E-state index in [0.717, 1.165) is 5.75 Å². The maximum absolute atomic E-state index is 9.66. The highest BCUT2D eigenvalue weighted by Crippen LogP contribution is 2.08. The SMILES string of the molecule is N#CC(CO)CCSCCN=O. The van der Waals surface area contributed by atoms with Crippen molar-refractivity contribution in [2.75, 3.05) is 24.7 Å². The molecule has 0 fully saturated rings. The summed E-state index contributed by atoms with van der Waals surface area (Å²) < 4.78 is 0. The van der Waals surface area contributed by atoms with Gasteiger partial charge in [0.15, 0.2) is 0 Å². The third-order valence-electron chi connectivity index (χ3n) is 1.34. The molecule has 0 spiro atoms. The highest BCUT2D eigenvalue weighted by Gasteiger charge is 2.04. The lowest BCUT2D eigenvalue weighted by Gasteiger charge is -2.02. The van der Waals surface area contributed by atoms with E-state index in [9.17, 15) is 4.91 Å². The van der Waals surface area contributed by atoms with E-state index < -0.39 is 0 Å². The number of rotatable bonds is 7. The van der Waals surface area contributed by atoms with Crippen molar-refractivity contribution in [3.63, 3.8) is 0 Å². The van der Waals surface area contributed by atoms with Crippen molar-refractivity contribution < 1.29 is 5.11 Å². The third kappa shape index (κ3) is 6.13. The lowest BCUT2D eigenvalue weighted by Crippen LogP contribution is -2.04. The fourth-order valence-electron chi connectivity index (χ4n) is 0.626. The number of thioether (sulfide) groups is 1. The van der Waals surface area contributed by atoms with Crippen LogP contribution in [-0.2, 0) is 0 Å². The Balaban J connectivity index is 3.18. The Morgan fingerprint density at radius 3 is 2.83 bits per heavy atom. The van der Waals surface area contributed by atoms with Crippen molar-refractivity contribution in [1.82, 2.24) is 0 Å². The number of aliphatic hydroxyl groups excluding tert-OH is 1. The van der Waals surface area contributed by atoms with Gasteiger partial charge in [0.05, 0.1) is 25.1 Å². The van der Waals surface area contributed by atoms with E-state index >= 15 is 0 Å². The van der Waals surface area contributed by atoms with Crippen LogP contribution in [0.15, 0.2) is 5.18 Å². The number of hydrogen-bond acceptors (Lipinski definition) is 5. The Morgan fingerprint density at radius 2 is 2.33 bits per heavy atom. The van der Waals surface area contributed by atoms with Gasteiger partial charge in [-0.2, -0.15) is 21.9 Å². The van der Waals surface area contributed by atoms with Crippen LogP contribution in [0.2, 0.25) is 0 Å². The van der Waals surface area contributed by atoms with E-state index in [1.807, 2.05) is 6.07 Å². The highest BCUT2D eigenvalue weighted by molar-refractivity contribution is 7.99. The maximum atomic E-state index is 9.66. The summed E-state index contributed by atoms with van der Waals surface area (Å²) in [4.78, 5) is 9.66. The summed E-state index contributed by atoms with van der Waals surface area (Å²) in [5.74, 6) is 1.24. The normalized spacial score (nSPS) is 12.0. The van der Waals surface area contributed by atoms with Gasteiger partial charge in [0.25, 0.3) is 0 Å². The van der Waals surface area contributed by atoms with Crippen LogP contribution in [0.5, 0.6) is 0 Å². The zero-order valence-electron chi connectivity index (χ0n) is 6.77. The van der Waals surface area contributed by atoms with Gasteiger partial charge in [0, 0.05) is 5.75 Å². The Labute approximate surface area is 75.9 Å². The molecule has 0 aliphatic carbocycles. The summed E-state index contributed by atoms with van der Waals surface area (Å²) in [6.07, 6.45) is 0.677. The molecule has 12 heavy (non-hydrogen) atoms. The molecule has 4 nitrogen and oxygen atoms in total. The van der Waals surface area contributed by atoms with Gasteiger partial charge in [-0.15, -0.1) is 0 Å². The Hall–Kier alpha value is -0.600. The van der Waals surface area contributed by atoms with E-state index in [1.54, 1.807) is 11.8 Å². The van der Waals surface area contributed by atoms with Gasteiger partial charge in [0.2, 0.25) is 0 Å². The summed E-state index contributed by atoms with van der Waals surface area (Å²) in [5, 5.41) is 19.8. The first-order valence-electron chi connectivity index (χ1n) is 3.72. The molecule has 0 amide bonds. The highest BCUT2D eigenvalue weighted by atomic mass is 32.2. The average Bonchev–Trinajstić information content (AvgIpc) is 2.11. The first kappa shape index (κ1) is 11.4. The largest absolute Gasteiger partial charge is 0.395 e. The number of hydrogen-bond donors (Lipinski definition) is 1. The molecule has 0 aromatic carbocycles. The quantitative estimate of drug-likeness (QED) is 0.478. The van der Waals surface area contributed by atoms with Crippen LogP contribution in [0.25, 0.3) is 0 Å². The molecule has 0 saturated heterocycles. The van der Waals surface area contributed by atoms with Crippen LogP contribution in [0, 0.1) is 22.2 Å². The Morgan fingerprint density at radius 1 is 1.58 bits per heavy atom. The molecule has 5 heteroatoms. The molecule has 1 atom stereocenters. The topological polar surface area (TPSA) is 73.4 Å². The van der Waals surface area contributed by atoms with Crippen LogP contribution in [-0.4, -0.2) is 29.8 Å². The predicted octanol–water partition coefficient (Wildman–Crippen LogP) is 1.01. The summed E-state index contributed by atoms with van der Waals surface area (Å²) in [6, 6.07) is 1.99. The van der Waals surface area contributed by atoms with Crippen LogP contribution < -0.4 is 0 Å². The molecule has 0 radical (unpaired) electrons. The molecule has 0 bridgehead atoms. The lowest BCUT2D eigenvalue weighted by molar-refractivity contribution is 0.254. The zero-order valence-corrected chi connectivity index (χ0v) is 7.59. The second kappa shape index (κ2) is 8.50. The van der Waals surface area contributed by atoms with Crippen LogP contribution in [0.4, 0.5) is 0 Å². The fraction of sp³-hybridized carbons (Fsp3) is 0.857. The van der Waals surface area contributed by atoms with Gasteiger partial charge in [-0.3, -0.25) is 0 Å². The van der Waals surface area contributed by atoms with E-state index in [4.69, 9.17) is 10.4 Å².